The van der Waals surface area contributed by atoms with Gasteiger partial charge in [-0.1, -0.05) is 56.3 Å². The largest absolute Gasteiger partial charge is 0.480 e. The van der Waals surface area contributed by atoms with Crippen molar-refractivity contribution in [3.05, 3.63) is 59.2 Å². The van der Waals surface area contributed by atoms with Gasteiger partial charge in [-0.05, 0) is 60.9 Å². The van der Waals surface area contributed by atoms with Gasteiger partial charge in [-0.15, -0.1) is 0 Å². The molecule has 2 amide bonds. The summed E-state index contributed by atoms with van der Waals surface area (Å²) in [4.78, 5) is 41.2. The van der Waals surface area contributed by atoms with Gasteiger partial charge in [0.25, 0.3) is 0 Å². The van der Waals surface area contributed by atoms with Crippen LogP contribution in [0.1, 0.15) is 57.4 Å². The van der Waals surface area contributed by atoms with Gasteiger partial charge in [0, 0.05) is 11.6 Å². The van der Waals surface area contributed by atoms with Crippen LogP contribution in [0.15, 0.2) is 42.5 Å². The van der Waals surface area contributed by atoms with Crippen molar-refractivity contribution in [2.75, 3.05) is 0 Å². The van der Waals surface area contributed by atoms with Crippen molar-refractivity contribution in [1.29, 1.82) is 0 Å². The van der Waals surface area contributed by atoms with Gasteiger partial charge in [0.2, 0.25) is 11.8 Å². The van der Waals surface area contributed by atoms with Crippen LogP contribution < -0.4 is 5.32 Å². The normalized spacial score (nSPS) is 28.3. The lowest BCUT2D eigenvalue weighted by atomic mass is 9.73. The minimum Gasteiger partial charge on any atom is -0.480 e. The molecule has 6 heteroatoms. The van der Waals surface area contributed by atoms with E-state index in [2.05, 4.69) is 29.6 Å². The predicted octanol–water partition coefficient (Wildman–Crippen LogP) is 3.78. The number of amides is 2. The number of aliphatic carboxylic acids is 1. The molecule has 2 aromatic rings. The fraction of sp³-hybridized carbons (Fsp3) is 0.444. The maximum absolute atomic E-state index is 13.6. The Morgan fingerprint density at radius 3 is 2.36 bits per heavy atom. The average Bonchev–Trinajstić information content (AvgIpc) is 3.36. The maximum atomic E-state index is 13.6. The van der Waals surface area contributed by atoms with E-state index in [0.717, 1.165) is 17.5 Å². The molecular weight excluding hydrogens is 416 g/mol. The molecule has 0 aromatic heterocycles. The van der Waals surface area contributed by atoms with Crippen molar-refractivity contribution in [3.8, 4) is 11.1 Å². The summed E-state index contributed by atoms with van der Waals surface area (Å²) < 4.78 is 0. The number of hydrogen-bond donors (Lipinski definition) is 2. The monoisotopic (exact) mass is 446 g/mol. The summed E-state index contributed by atoms with van der Waals surface area (Å²) in [6.07, 6.45) is 0.801. The second-order valence-corrected chi connectivity index (χ2v) is 10.9. The fourth-order valence-corrected chi connectivity index (χ4v) is 6.22. The molecule has 2 heterocycles. The van der Waals surface area contributed by atoms with Gasteiger partial charge in [0.15, 0.2) is 0 Å². The van der Waals surface area contributed by atoms with Crippen LogP contribution in [0, 0.1) is 17.8 Å². The highest BCUT2D eigenvalue weighted by Gasteiger charge is 2.70. The van der Waals surface area contributed by atoms with Gasteiger partial charge in [-0.3, -0.25) is 24.6 Å². The number of rotatable bonds is 3. The Bertz CT molecular complexity index is 1190. The van der Waals surface area contributed by atoms with Gasteiger partial charge in [0.1, 0.15) is 5.54 Å². The quantitative estimate of drug-likeness (QED) is 0.598. The highest BCUT2D eigenvalue weighted by molar-refractivity contribution is 6.10. The molecule has 3 aliphatic rings. The van der Waals surface area contributed by atoms with Crippen LogP contribution >= 0.6 is 0 Å². The van der Waals surface area contributed by atoms with Crippen LogP contribution in [0.2, 0.25) is 0 Å². The average molecular weight is 447 g/mol. The number of imide groups is 1. The van der Waals surface area contributed by atoms with Gasteiger partial charge in [-0.2, -0.15) is 0 Å². The van der Waals surface area contributed by atoms with E-state index in [1.807, 2.05) is 39.0 Å². The van der Waals surface area contributed by atoms with Crippen molar-refractivity contribution in [2.45, 2.75) is 58.2 Å². The number of fused-ring (bicyclic) bond motifs is 4. The van der Waals surface area contributed by atoms with E-state index in [0.29, 0.717) is 0 Å². The van der Waals surface area contributed by atoms with Crippen LogP contribution in [0.3, 0.4) is 0 Å². The molecule has 0 radical (unpaired) electrons. The zero-order valence-electron chi connectivity index (χ0n) is 19.7. The van der Waals surface area contributed by atoms with Crippen molar-refractivity contribution in [2.24, 2.45) is 17.8 Å². The van der Waals surface area contributed by atoms with E-state index in [9.17, 15) is 19.5 Å². The Labute approximate surface area is 194 Å². The molecular formula is C27H30N2O4. The van der Waals surface area contributed by atoms with Crippen LogP contribution in [0.25, 0.3) is 11.1 Å². The summed E-state index contributed by atoms with van der Waals surface area (Å²) in [6.45, 7) is 9.05. The molecule has 172 valence electrons. The summed E-state index contributed by atoms with van der Waals surface area (Å²) >= 11 is 0. The highest BCUT2D eigenvalue weighted by Crippen LogP contribution is 2.53. The van der Waals surface area contributed by atoms with E-state index in [4.69, 9.17) is 0 Å². The van der Waals surface area contributed by atoms with Crippen LogP contribution in [0.5, 0.6) is 0 Å². The van der Waals surface area contributed by atoms with Crippen LogP contribution in [-0.2, 0) is 20.8 Å². The Morgan fingerprint density at radius 2 is 1.73 bits per heavy atom. The first kappa shape index (κ1) is 21.8. The number of carbonyl (C=O) groups excluding carboxylic acids is 2. The zero-order chi connectivity index (χ0) is 23.9. The minimum atomic E-state index is -1.51. The lowest BCUT2D eigenvalue weighted by Gasteiger charge is -2.37. The Hall–Kier alpha value is -2.99. The molecule has 4 unspecified atom stereocenters. The first-order valence-corrected chi connectivity index (χ1v) is 11.6. The Kier molecular flexibility index (Phi) is 4.63. The first-order valence-electron chi connectivity index (χ1n) is 11.6. The predicted molar refractivity (Wildman–Crippen MR) is 124 cm³/mol. The summed E-state index contributed by atoms with van der Waals surface area (Å²) in [5, 5.41) is 13.7. The van der Waals surface area contributed by atoms with Gasteiger partial charge < -0.3 is 5.11 Å². The van der Waals surface area contributed by atoms with Crippen LogP contribution in [-0.4, -0.2) is 38.9 Å². The smallest absolute Gasteiger partial charge is 0.325 e. The molecule has 0 bridgehead atoms. The standard InChI is InChI=1S/C27H30N2O4/c1-14(2)27(25(32)33)21-20(23(30)29(24(21)31)26(3,4)5)22(28-27)16-10-11-19-17(13-16)12-15-8-6-7-9-18(15)19/h6-11,13-14,20-22,28H,12H2,1-5H3,(H,32,33). The van der Waals surface area contributed by atoms with E-state index in [1.54, 1.807) is 13.8 Å². The maximum Gasteiger partial charge on any atom is 0.325 e. The summed E-state index contributed by atoms with van der Waals surface area (Å²) in [6, 6.07) is 13.9. The summed E-state index contributed by atoms with van der Waals surface area (Å²) in [5.41, 5.74) is 3.43. The Morgan fingerprint density at radius 1 is 1.06 bits per heavy atom. The number of hydrogen-bond acceptors (Lipinski definition) is 4. The molecule has 6 nitrogen and oxygen atoms in total. The van der Waals surface area contributed by atoms with Gasteiger partial charge in [0.05, 0.1) is 11.8 Å². The third-order valence-corrected chi connectivity index (χ3v) is 7.71. The highest BCUT2D eigenvalue weighted by atomic mass is 16.4. The van der Waals surface area contributed by atoms with E-state index in [1.165, 1.54) is 21.6 Å². The molecule has 0 saturated carbocycles. The molecule has 1 aliphatic carbocycles. The Balaban J connectivity index is 1.63. The van der Waals surface area contributed by atoms with Crippen molar-refractivity contribution < 1.29 is 19.5 Å². The minimum absolute atomic E-state index is 0.289. The zero-order valence-corrected chi connectivity index (χ0v) is 19.7. The fourth-order valence-electron chi connectivity index (χ4n) is 6.22. The topological polar surface area (TPSA) is 86.7 Å². The number of nitrogens with zero attached hydrogens (tertiary/aromatic N) is 1. The van der Waals surface area contributed by atoms with Crippen LogP contribution in [0.4, 0.5) is 0 Å². The number of likely N-dealkylation sites (tertiary alicyclic amines) is 1. The molecule has 5 rings (SSSR count). The number of carboxylic acids is 1. The number of carboxylic acid groups (broad SMARTS) is 1. The lowest BCUT2D eigenvalue weighted by Crippen LogP contribution is -2.60. The van der Waals surface area contributed by atoms with Crippen molar-refractivity contribution in [3.63, 3.8) is 0 Å². The lowest BCUT2D eigenvalue weighted by molar-refractivity contribution is -0.155. The summed E-state index contributed by atoms with van der Waals surface area (Å²) in [5.74, 6) is -3.85. The molecule has 4 atom stereocenters. The SMILES string of the molecule is CC(C)C1(C(=O)O)NC(c2ccc3c(c2)Cc2ccccc2-3)C2C(=O)N(C(C)(C)C)C(=O)C21. The molecule has 2 aromatic carbocycles. The molecule has 2 fully saturated rings. The third-order valence-electron chi connectivity index (χ3n) is 7.71. The number of carbonyl (C=O) groups is 3. The number of benzene rings is 2. The molecule has 33 heavy (non-hydrogen) atoms. The van der Waals surface area contributed by atoms with E-state index in [-0.39, 0.29) is 11.8 Å². The van der Waals surface area contributed by atoms with Gasteiger partial charge in [-0.25, -0.2) is 0 Å². The number of nitrogens with one attached hydrogen (secondary N) is 1. The first-order chi connectivity index (χ1) is 15.5. The van der Waals surface area contributed by atoms with E-state index < -0.39 is 40.8 Å². The third kappa shape index (κ3) is 2.86. The summed E-state index contributed by atoms with van der Waals surface area (Å²) in [7, 11) is 0. The second kappa shape index (κ2) is 7.00. The molecule has 0 spiro atoms. The van der Waals surface area contributed by atoms with Crippen molar-refractivity contribution >= 4 is 17.8 Å². The van der Waals surface area contributed by atoms with E-state index >= 15 is 0 Å². The second-order valence-electron chi connectivity index (χ2n) is 10.9. The van der Waals surface area contributed by atoms with Crippen molar-refractivity contribution in [1.82, 2.24) is 10.2 Å². The molecule has 2 N–H and O–H groups in total. The molecule has 2 saturated heterocycles. The molecule has 2 aliphatic heterocycles. The van der Waals surface area contributed by atoms with Gasteiger partial charge >= 0.3 is 5.97 Å².